The smallest absolute Gasteiger partial charge is 0.117 e. The van der Waals surface area contributed by atoms with Crippen LogP contribution < -0.4 is 5.32 Å². The Morgan fingerprint density at radius 3 is 2.67 bits per heavy atom. The van der Waals surface area contributed by atoms with Crippen LogP contribution in [0.5, 0.6) is 0 Å². The second-order valence-corrected chi connectivity index (χ2v) is 6.88. The molecule has 0 atom stereocenters. The summed E-state index contributed by atoms with van der Waals surface area (Å²) in [6.45, 7) is 4.53. The van der Waals surface area contributed by atoms with Crippen LogP contribution in [0, 0.1) is 5.41 Å². The molecule has 1 aromatic heterocycles. The summed E-state index contributed by atoms with van der Waals surface area (Å²) in [6, 6.07) is 4.62. The maximum absolute atomic E-state index is 9.67. The largest absolute Gasteiger partial charge is 0.468 e. The molecule has 1 aliphatic carbocycles. The third-order valence-electron chi connectivity index (χ3n) is 5.31. The SMILES string of the molecule is OCC1(CNC2CCN(Cc3ccco3)CC2)CCCC1. The molecular formula is C17H28N2O2. The molecule has 118 valence electrons. The Balaban J connectivity index is 1.39. The van der Waals surface area contributed by atoms with Gasteiger partial charge in [0.05, 0.1) is 12.8 Å². The van der Waals surface area contributed by atoms with Crippen LogP contribution in [0.3, 0.4) is 0 Å². The molecule has 0 spiro atoms. The van der Waals surface area contributed by atoms with Gasteiger partial charge in [-0.05, 0) is 37.8 Å². The molecule has 1 saturated carbocycles. The summed E-state index contributed by atoms with van der Waals surface area (Å²) in [4.78, 5) is 2.47. The lowest BCUT2D eigenvalue weighted by molar-refractivity contribution is 0.114. The van der Waals surface area contributed by atoms with E-state index in [0.29, 0.717) is 12.6 Å². The first-order chi connectivity index (χ1) is 10.3. The standard InChI is InChI=1S/C17H28N2O2/c20-14-17(7-1-2-8-17)13-18-15-5-9-19(10-6-15)12-16-4-3-11-21-16/h3-4,11,15,18,20H,1-2,5-10,12-14H2. The van der Waals surface area contributed by atoms with E-state index in [9.17, 15) is 5.11 Å². The Morgan fingerprint density at radius 2 is 2.05 bits per heavy atom. The van der Waals surface area contributed by atoms with Gasteiger partial charge in [-0.2, -0.15) is 0 Å². The van der Waals surface area contributed by atoms with Crippen molar-refractivity contribution in [1.29, 1.82) is 0 Å². The molecule has 21 heavy (non-hydrogen) atoms. The Morgan fingerprint density at radius 1 is 1.29 bits per heavy atom. The number of nitrogens with zero attached hydrogens (tertiary/aromatic N) is 1. The van der Waals surface area contributed by atoms with Gasteiger partial charge >= 0.3 is 0 Å². The molecule has 1 saturated heterocycles. The molecule has 0 unspecified atom stereocenters. The number of aliphatic hydroxyl groups is 1. The van der Waals surface area contributed by atoms with E-state index in [4.69, 9.17) is 4.42 Å². The molecule has 2 aliphatic rings. The van der Waals surface area contributed by atoms with Gasteiger partial charge in [-0.15, -0.1) is 0 Å². The minimum Gasteiger partial charge on any atom is -0.468 e. The van der Waals surface area contributed by atoms with Gasteiger partial charge in [-0.25, -0.2) is 0 Å². The van der Waals surface area contributed by atoms with Gasteiger partial charge in [0.2, 0.25) is 0 Å². The normalized spacial score (nSPS) is 23.7. The first-order valence-electron chi connectivity index (χ1n) is 8.39. The highest BCUT2D eigenvalue weighted by atomic mass is 16.3. The van der Waals surface area contributed by atoms with E-state index in [-0.39, 0.29) is 5.41 Å². The van der Waals surface area contributed by atoms with Crippen molar-refractivity contribution in [2.45, 2.75) is 51.1 Å². The second kappa shape index (κ2) is 6.95. The summed E-state index contributed by atoms with van der Waals surface area (Å²) in [5.41, 5.74) is 0.172. The Bertz CT molecular complexity index is 404. The molecule has 4 heteroatoms. The summed E-state index contributed by atoms with van der Waals surface area (Å²) in [5, 5.41) is 13.4. The van der Waals surface area contributed by atoms with Gasteiger partial charge in [-0.3, -0.25) is 4.90 Å². The van der Waals surface area contributed by atoms with Gasteiger partial charge in [0.1, 0.15) is 5.76 Å². The summed E-state index contributed by atoms with van der Waals surface area (Å²) in [6.07, 6.45) is 9.08. The molecule has 3 rings (SSSR count). The maximum Gasteiger partial charge on any atom is 0.117 e. The molecular weight excluding hydrogens is 264 g/mol. The Labute approximate surface area is 127 Å². The number of nitrogens with one attached hydrogen (secondary N) is 1. The highest BCUT2D eigenvalue weighted by Gasteiger charge is 2.33. The molecule has 1 aliphatic heterocycles. The predicted molar refractivity (Wildman–Crippen MR) is 83.0 cm³/mol. The van der Waals surface area contributed by atoms with Crippen LogP contribution in [0.25, 0.3) is 0 Å². The van der Waals surface area contributed by atoms with Crippen molar-refractivity contribution in [3.63, 3.8) is 0 Å². The van der Waals surface area contributed by atoms with Crippen LogP contribution >= 0.6 is 0 Å². The quantitative estimate of drug-likeness (QED) is 0.845. The number of hydrogen-bond donors (Lipinski definition) is 2. The van der Waals surface area contributed by atoms with E-state index in [1.807, 2.05) is 6.07 Å². The lowest BCUT2D eigenvalue weighted by atomic mass is 9.86. The molecule has 0 aromatic carbocycles. The van der Waals surface area contributed by atoms with Gasteiger partial charge in [-0.1, -0.05) is 12.8 Å². The van der Waals surface area contributed by atoms with Gasteiger partial charge < -0.3 is 14.8 Å². The fourth-order valence-electron chi connectivity index (χ4n) is 3.79. The summed E-state index contributed by atoms with van der Waals surface area (Å²) in [5.74, 6) is 1.06. The average Bonchev–Trinajstić information content (AvgIpc) is 3.19. The minimum absolute atomic E-state index is 0.172. The first-order valence-corrected chi connectivity index (χ1v) is 8.39. The van der Waals surface area contributed by atoms with E-state index in [1.165, 1.54) is 38.5 Å². The number of likely N-dealkylation sites (tertiary alicyclic amines) is 1. The van der Waals surface area contributed by atoms with E-state index in [2.05, 4.69) is 16.3 Å². The average molecular weight is 292 g/mol. The molecule has 0 bridgehead atoms. The highest BCUT2D eigenvalue weighted by molar-refractivity contribution is 4.98. The third-order valence-corrected chi connectivity index (χ3v) is 5.31. The van der Waals surface area contributed by atoms with Crippen LogP contribution in [-0.2, 0) is 6.54 Å². The lowest BCUT2D eigenvalue weighted by Gasteiger charge is -2.35. The van der Waals surface area contributed by atoms with Crippen LogP contribution in [0.2, 0.25) is 0 Å². The van der Waals surface area contributed by atoms with Crippen molar-refractivity contribution in [2.75, 3.05) is 26.2 Å². The number of rotatable bonds is 6. The highest BCUT2D eigenvalue weighted by Crippen LogP contribution is 2.37. The monoisotopic (exact) mass is 292 g/mol. The molecule has 2 heterocycles. The Kier molecular flexibility index (Phi) is 4.99. The first kappa shape index (κ1) is 15.1. The van der Waals surface area contributed by atoms with Crippen LogP contribution in [0.15, 0.2) is 22.8 Å². The zero-order valence-electron chi connectivity index (χ0n) is 12.9. The second-order valence-electron chi connectivity index (χ2n) is 6.88. The van der Waals surface area contributed by atoms with E-state index >= 15 is 0 Å². The van der Waals surface area contributed by atoms with Crippen molar-refractivity contribution in [2.24, 2.45) is 5.41 Å². The molecule has 0 radical (unpaired) electrons. The number of furan rings is 1. The Hall–Kier alpha value is -0.840. The van der Waals surface area contributed by atoms with Gasteiger partial charge in [0.15, 0.2) is 0 Å². The van der Waals surface area contributed by atoms with Crippen LogP contribution in [-0.4, -0.2) is 42.3 Å². The van der Waals surface area contributed by atoms with Gasteiger partial charge in [0.25, 0.3) is 0 Å². The zero-order valence-corrected chi connectivity index (χ0v) is 12.9. The zero-order chi connectivity index (χ0) is 14.5. The number of piperidine rings is 1. The predicted octanol–water partition coefficient (Wildman–Crippen LogP) is 2.39. The number of aliphatic hydroxyl groups excluding tert-OH is 1. The van der Waals surface area contributed by atoms with Gasteiger partial charge in [0, 0.05) is 37.7 Å². The minimum atomic E-state index is 0.172. The van der Waals surface area contributed by atoms with E-state index in [0.717, 1.165) is 31.9 Å². The fraction of sp³-hybridized carbons (Fsp3) is 0.765. The summed E-state index contributed by atoms with van der Waals surface area (Å²) >= 11 is 0. The third kappa shape index (κ3) is 3.87. The summed E-state index contributed by atoms with van der Waals surface area (Å²) in [7, 11) is 0. The van der Waals surface area contributed by atoms with Crippen molar-refractivity contribution in [1.82, 2.24) is 10.2 Å². The van der Waals surface area contributed by atoms with Crippen molar-refractivity contribution < 1.29 is 9.52 Å². The molecule has 4 nitrogen and oxygen atoms in total. The lowest BCUT2D eigenvalue weighted by Crippen LogP contribution is -2.46. The molecule has 1 aromatic rings. The molecule has 2 N–H and O–H groups in total. The topological polar surface area (TPSA) is 48.6 Å². The maximum atomic E-state index is 9.67. The van der Waals surface area contributed by atoms with Crippen LogP contribution in [0.4, 0.5) is 0 Å². The van der Waals surface area contributed by atoms with E-state index in [1.54, 1.807) is 6.26 Å². The summed E-state index contributed by atoms with van der Waals surface area (Å²) < 4.78 is 5.42. The molecule has 0 amide bonds. The number of hydrogen-bond acceptors (Lipinski definition) is 4. The van der Waals surface area contributed by atoms with Crippen molar-refractivity contribution >= 4 is 0 Å². The fourth-order valence-corrected chi connectivity index (χ4v) is 3.79. The van der Waals surface area contributed by atoms with Crippen molar-refractivity contribution in [3.8, 4) is 0 Å². The van der Waals surface area contributed by atoms with E-state index < -0.39 is 0 Å². The van der Waals surface area contributed by atoms with Crippen molar-refractivity contribution in [3.05, 3.63) is 24.2 Å². The molecule has 2 fully saturated rings. The van der Waals surface area contributed by atoms with Crippen LogP contribution in [0.1, 0.15) is 44.3 Å².